The highest BCUT2D eigenvalue weighted by atomic mass is 16.6. The molecule has 2 saturated heterocycles. The van der Waals surface area contributed by atoms with Crippen LogP contribution in [-0.2, 0) is 20.8 Å². The molecule has 24 heavy (non-hydrogen) atoms. The zero-order valence-electron chi connectivity index (χ0n) is 13.1. The number of fused-ring (bicyclic) bond motifs is 1. The van der Waals surface area contributed by atoms with Crippen molar-refractivity contribution in [2.24, 2.45) is 0 Å². The summed E-state index contributed by atoms with van der Waals surface area (Å²) in [7, 11) is 1.61. The topological polar surface area (TPSA) is 101 Å². The summed E-state index contributed by atoms with van der Waals surface area (Å²) in [5, 5.41) is 11.1. The monoisotopic (exact) mass is 334 g/mol. The lowest BCUT2D eigenvalue weighted by atomic mass is 10.1. The Morgan fingerprint density at radius 1 is 1.42 bits per heavy atom. The first-order valence-electron chi connectivity index (χ1n) is 7.73. The molecular formula is C15H18N4O5. The summed E-state index contributed by atoms with van der Waals surface area (Å²) in [6.07, 6.45) is 2.90. The second kappa shape index (κ2) is 6.34. The van der Waals surface area contributed by atoms with Crippen LogP contribution in [0.3, 0.4) is 0 Å². The number of nitrogens with zero attached hydrogens (tertiary/aromatic N) is 3. The molecule has 2 aliphatic rings. The molecule has 0 saturated carbocycles. The predicted octanol–water partition coefficient (Wildman–Crippen LogP) is 0.155. The Bertz CT molecular complexity index is 701. The van der Waals surface area contributed by atoms with Crippen molar-refractivity contribution in [2.45, 2.75) is 30.9 Å². The standard InChI is InChI=1S/C15H18N4O5/c1-21-6-9-5-19(18-17-9)11-8-24-13-10(7-23-14(11)13)16-15(20)12-3-2-4-22-12/h2-5,10-11,13-14H,6-8H2,1H3,(H,16,20)/t10-,11-,13+,14+/m0/s1. The van der Waals surface area contributed by atoms with Crippen LogP contribution in [0, 0.1) is 0 Å². The van der Waals surface area contributed by atoms with Crippen LogP contribution in [0.5, 0.6) is 0 Å². The van der Waals surface area contributed by atoms with Gasteiger partial charge in [0.15, 0.2) is 5.76 Å². The zero-order chi connectivity index (χ0) is 16.5. The van der Waals surface area contributed by atoms with Crippen LogP contribution in [0.2, 0.25) is 0 Å². The van der Waals surface area contributed by atoms with Crippen molar-refractivity contribution in [2.75, 3.05) is 20.3 Å². The minimum atomic E-state index is -0.274. The van der Waals surface area contributed by atoms with Crippen molar-refractivity contribution in [3.8, 4) is 0 Å². The first-order valence-corrected chi connectivity index (χ1v) is 7.73. The molecule has 1 amide bonds. The van der Waals surface area contributed by atoms with Gasteiger partial charge in [0.25, 0.3) is 5.91 Å². The third kappa shape index (κ3) is 2.70. The van der Waals surface area contributed by atoms with E-state index in [4.69, 9.17) is 18.6 Å². The van der Waals surface area contributed by atoms with Crippen molar-refractivity contribution in [3.63, 3.8) is 0 Å². The molecule has 0 bridgehead atoms. The van der Waals surface area contributed by atoms with Gasteiger partial charge in [0.2, 0.25) is 0 Å². The fourth-order valence-electron chi connectivity index (χ4n) is 3.17. The second-order valence-electron chi connectivity index (χ2n) is 5.84. The van der Waals surface area contributed by atoms with E-state index in [2.05, 4.69) is 15.6 Å². The van der Waals surface area contributed by atoms with Crippen LogP contribution in [0.25, 0.3) is 0 Å². The number of aromatic nitrogens is 3. The minimum absolute atomic E-state index is 0.0707. The van der Waals surface area contributed by atoms with Crippen molar-refractivity contribution >= 4 is 5.91 Å². The van der Waals surface area contributed by atoms with Gasteiger partial charge in [-0.3, -0.25) is 4.79 Å². The SMILES string of the molecule is COCc1cn([C@H]2CO[C@H]3[C@@H]2OC[C@@H]3NC(=O)c2ccco2)nn1. The number of hydrogen-bond acceptors (Lipinski definition) is 7. The molecule has 2 aromatic heterocycles. The summed E-state index contributed by atoms with van der Waals surface area (Å²) in [6.45, 7) is 1.25. The number of amides is 1. The van der Waals surface area contributed by atoms with Gasteiger partial charge in [-0.2, -0.15) is 0 Å². The lowest BCUT2D eigenvalue weighted by molar-refractivity contribution is 0.0612. The lowest BCUT2D eigenvalue weighted by Gasteiger charge is -2.17. The first kappa shape index (κ1) is 15.3. The van der Waals surface area contributed by atoms with Crippen LogP contribution in [0.4, 0.5) is 0 Å². The second-order valence-corrected chi connectivity index (χ2v) is 5.84. The van der Waals surface area contributed by atoms with Gasteiger partial charge in [0.05, 0.1) is 38.3 Å². The zero-order valence-corrected chi connectivity index (χ0v) is 13.1. The van der Waals surface area contributed by atoms with E-state index in [1.807, 2.05) is 6.20 Å². The molecule has 4 atom stereocenters. The van der Waals surface area contributed by atoms with Crippen molar-refractivity contribution < 1.29 is 23.4 Å². The van der Waals surface area contributed by atoms with Crippen LogP contribution >= 0.6 is 0 Å². The molecule has 9 nitrogen and oxygen atoms in total. The molecule has 4 rings (SSSR count). The Kier molecular flexibility index (Phi) is 4.05. The van der Waals surface area contributed by atoms with Gasteiger partial charge < -0.3 is 23.9 Å². The molecule has 4 heterocycles. The van der Waals surface area contributed by atoms with E-state index in [1.165, 1.54) is 6.26 Å². The maximum absolute atomic E-state index is 12.1. The summed E-state index contributed by atoms with van der Waals surface area (Å²) in [5.74, 6) is -0.00193. The predicted molar refractivity (Wildman–Crippen MR) is 79.2 cm³/mol. The van der Waals surface area contributed by atoms with Gasteiger partial charge in [-0.15, -0.1) is 5.10 Å². The molecule has 128 valence electrons. The Hall–Kier alpha value is -2.23. The van der Waals surface area contributed by atoms with Crippen molar-refractivity contribution in [1.82, 2.24) is 20.3 Å². The summed E-state index contributed by atoms with van der Waals surface area (Å²) in [5.41, 5.74) is 0.751. The smallest absolute Gasteiger partial charge is 0.287 e. The molecule has 0 unspecified atom stereocenters. The van der Waals surface area contributed by atoms with E-state index >= 15 is 0 Å². The maximum atomic E-state index is 12.1. The average molecular weight is 334 g/mol. The first-order chi connectivity index (χ1) is 11.8. The molecular weight excluding hydrogens is 316 g/mol. The van der Waals surface area contributed by atoms with Crippen LogP contribution in [0.1, 0.15) is 22.3 Å². The van der Waals surface area contributed by atoms with Gasteiger partial charge in [-0.1, -0.05) is 5.21 Å². The molecule has 9 heteroatoms. The molecule has 0 aliphatic carbocycles. The van der Waals surface area contributed by atoms with Gasteiger partial charge >= 0.3 is 0 Å². The van der Waals surface area contributed by atoms with E-state index in [0.29, 0.717) is 19.8 Å². The van der Waals surface area contributed by atoms with E-state index in [9.17, 15) is 4.79 Å². The minimum Gasteiger partial charge on any atom is -0.459 e. The summed E-state index contributed by atoms with van der Waals surface area (Å²) in [4.78, 5) is 12.1. The summed E-state index contributed by atoms with van der Waals surface area (Å²) in [6, 6.07) is 3.00. The highest BCUT2D eigenvalue weighted by Gasteiger charge is 2.49. The van der Waals surface area contributed by atoms with E-state index in [-0.39, 0.29) is 36.0 Å². The van der Waals surface area contributed by atoms with Crippen LogP contribution in [0.15, 0.2) is 29.0 Å². The quantitative estimate of drug-likeness (QED) is 0.831. The number of furan rings is 1. The molecule has 0 aromatic carbocycles. The highest BCUT2D eigenvalue weighted by Crippen LogP contribution is 2.34. The van der Waals surface area contributed by atoms with Crippen LogP contribution < -0.4 is 5.32 Å². The van der Waals surface area contributed by atoms with Gasteiger partial charge in [-0.05, 0) is 12.1 Å². The fraction of sp³-hybridized carbons (Fsp3) is 0.533. The number of rotatable bonds is 5. The summed E-state index contributed by atoms with van der Waals surface area (Å²) < 4.78 is 23.6. The number of carbonyl (C=O) groups is 1. The average Bonchev–Trinajstić information content (AvgIpc) is 3.33. The molecule has 2 aliphatic heterocycles. The van der Waals surface area contributed by atoms with Gasteiger partial charge in [0, 0.05) is 7.11 Å². The fourth-order valence-corrected chi connectivity index (χ4v) is 3.17. The number of nitrogens with one attached hydrogen (secondary N) is 1. The van der Waals surface area contributed by atoms with Crippen molar-refractivity contribution in [1.29, 1.82) is 0 Å². The van der Waals surface area contributed by atoms with E-state index in [0.717, 1.165) is 5.69 Å². The third-order valence-corrected chi connectivity index (χ3v) is 4.28. The number of carbonyl (C=O) groups excluding carboxylic acids is 1. The molecule has 1 N–H and O–H groups in total. The van der Waals surface area contributed by atoms with Gasteiger partial charge in [0.1, 0.15) is 23.9 Å². The molecule has 0 radical (unpaired) electrons. The van der Waals surface area contributed by atoms with E-state index in [1.54, 1.807) is 23.9 Å². The lowest BCUT2D eigenvalue weighted by Crippen LogP contribution is -2.44. The third-order valence-electron chi connectivity index (χ3n) is 4.28. The van der Waals surface area contributed by atoms with Gasteiger partial charge in [-0.25, -0.2) is 4.68 Å². The van der Waals surface area contributed by atoms with Crippen LogP contribution in [-0.4, -0.2) is 59.5 Å². The Morgan fingerprint density at radius 2 is 2.29 bits per heavy atom. The van der Waals surface area contributed by atoms with Crippen molar-refractivity contribution in [3.05, 3.63) is 36.0 Å². The Labute approximate surface area is 137 Å². The molecule has 2 fully saturated rings. The Morgan fingerprint density at radius 3 is 3.08 bits per heavy atom. The number of methoxy groups -OCH3 is 1. The van der Waals surface area contributed by atoms with E-state index < -0.39 is 0 Å². The number of hydrogen-bond donors (Lipinski definition) is 1. The highest BCUT2D eigenvalue weighted by molar-refractivity contribution is 5.91. The largest absolute Gasteiger partial charge is 0.459 e. The molecule has 2 aromatic rings. The summed E-state index contributed by atoms with van der Waals surface area (Å²) >= 11 is 0. The Balaban J connectivity index is 1.42. The maximum Gasteiger partial charge on any atom is 0.287 e. The number of ether oxygens (including phenoxy) is 3. The normalized spacial score (nSPS) is 28.9. The molecule has 0 spiro atoms.